The highest BCUT2D eigenvalue weighted by atomic mass is 32.2. The number of anilines is 2. The maximum Gasteiger partial charge on any atom is 0.253 e. The first-order valence-corrected chi connectivity index (χ1v) is 11.0. The lowest BCUT2D eigenvalue weighted by atomic mass is 10.1. The van der Waals surface area contributed by atoms with Crippen molar-refractivity contribution in [2.45, 2.75) is 45.7 Å². The van der Waals surface area contributed by atoms with Gasteiger partial charge in [0.1, 0.15) is 0 Å². The number of nitrogens with one attached hydrogen (secondary N) is 2. The number of carbonyl (C=O) groups is 2. The summed E-state index contributed by atoms with van der Waals surface area (Å²) in [4.78, 5) is 33.3. The molecule has 0 aliphatic heterocycles. The van der Waals surface area contributed by atoms with Gasteiger partial charge in [0, 0.05) is 34.7 Å². The Balaban J connectivity index is 1.68. The van der Waals surface area contributed by atoms with E-state index in [0.29, 0.717) is 34.6 Å². The van der Waals surface area contributed by atoms with Gasteiger partial charge in [-0.1, -0.05) is 25.6 Å². The molecule has 0 saturated carbocycles. The number of rotatable bonds is 7. The number of aryl methyl sites for hydroxylation is 2. The maximum atomic E-state index is 12.6. The van der Waals surface area contributed by atoms with Crippen LogP contribution in [-0.2, 0) is 16.0 Å². The van der Waals surface area contributed by atoms with Gasteiger partial charge in [-0.2, -0.15) is 4.98 Å². The van der Waals surface area contributed by atoms with Gasteiger partial charge in [0.15, 0.2) is 0 Å². The summed E-state index contributed by atoms with van der Waals surface area (Å²) in [6, 6.07) is 7.09. The van der Waals surface area contributed by atoms with E-state index in [1.54, 1.807) is 28.8 Å². The average Bonchev–Trinajstić information content (AvgIpc) is 3.09. The number of fused-ring (bicyclic) bond motifs is 1. The molecule has 3 rings (SSSR count). The molecule has 0 fully saturated rings. The molecule has 8 nitrogen and oxygen atoms in total. The Labute approximate surface area is 179 Å². The van der Waals surface area contributed by atoms with E-state index in [9.17, 15) is 9.59 Å². The van der Waals surface area contributed by atoms with Crippen molar-refractivity contribution in [2.24, 2.45) is 5.92 Å². The van der Waals surface area contributed by atoms with Gasteiger partial charge in [-0.15, -0.1) is 5.10 Å². The molecule has 3 aromatic rings. The predicted molar refractivity (Wildman–Crippen MR) is 119 cm³/mol. The number of hydrogen-bond donors (Lipinski definition) is 2. The van der Waals surface area contributed by atoms with Gasteiger partial charge in [-0.3, -0.25) is 9.59 Å². The summed E-state index contributed by atoms with van der Waals surface area (Å²) in [5, 5.41) is 10.8. The second kappa shape index (κ2) is 9.25. The Bertz CT molecular complexity index is 1080. The Kier molecular flexibility index (Phi) is 6.71. The minimum Gasteiger partial charge on any atom is -0.326 e. The lowest BCUT2D eigenvalue weighted by Crippen LogP contribution is -2.18. The molecule has 2 amide bonds. The van der Waals surface area contributed by atoms with Crippen LogP contribution in [0.5, 0.6) is 0 Å². The smallest absolute Gasteiger partial charge is 0.253 e. The molecule has 0 unspecified atom stereocenters. The molecule has 1 aromatic carbocycles. The van der Waals surface area contributed by atoms with Crippen LogP contribution in [0.15, 0.2) is 29.4 Å². The van der Waals surface area contributed by atoms with Crippen LogP contribution in [0, 0.1) is 19.8 Å². The molecule has 2 heterocycles. The van der Waals surface area contributed by atoms with Crippen LogP contribution in [0.25, 0.3) is 5.78 Å². The topological polar surface area (TPSA) is 101 Å². The van der Waals surface area contributed by atoms with Crippen LogP contribution in [0.4, 0.5) is 11.4 Å². The molecule has 0 spiro atoms. The first-order valence-electron chi connectivity index (χ1n) is 9.73. The Hall–Kier alpha value is -2.94. The maximum absolute atomic E-state index is 12.6. The number of carbonyl (C=O) groups excluding carboxylic acids is 2. The fourth-order valence-electron chi connectivity index (χ4n) is 3.12. The highest BCUT2D eigenvalue weighted by Crippen LogP contribution is 2.19. The molecule has 158 valence electrons. The molecule has 0 aliphatic carbocycles. The second-order valence-electron chi connectivity index (χ2n) is 7.52. The number of nitrogens with zero attached hydrogens (tertiary/aromatic N) is 4. The van der Waals surface area contributed by atoms with Gasteiger partial charge in [-0.05, 0) is 50.3 Å². The van der Waals surface area contributed by atoms with Crippen molar-refractivity contribution in [3.8, 4) is 0 Å². The van der Waals surface area contributed by atoms with Gasteiger partial charge in [-0.25, -0.2) is 9.50 Å². The van der Waals surface area contributed by atoms with Crippen LogP contribution in [0.1, 0.15) is 37.2 Å². The van der Waals surface area contributed by atoms with Crippen molar-refractivity contribution in [1.29, 1.82) is 0 Å². The first kappa shape index (κ1) is 21.8. The van der Waals surface area contributed by atoms with Gasteiger partial charge in [0.2, 0.25) is 17.0 Å². The molecule has 0 saturated heterocycles. The van der Waals surface area contributed by atoms with Gasteiger partial charge >= 0.3 is 0 Å². The summed E-state index contributed by atoms with van der Waals surface area (Å²) in [7, 11) is 0. The van der Waals surface area contributed by atoms with Crippen LogP contribution < -0.4 is 10.6 Å². The van der Waals surface area contributed by atoms with Gasteiger partial charge < -0.3 is 10.6 Å². The Morgan fingerprint density at radius 1 is 1.03 bits per heavy atom. The molecule has 0 radical (unpaired) electrons. The largest absolute Gasteiger partial charge is 0.326 e. The lowest BCUT2D eigenvalue weighted by Gasteiger charge is -2.11. The summed E-state index contributed by atoms with van der Waals surface area (Å²) in [6.45, 7) is 7.79. The minimum atomic E-state index is -0.149. The van der Waals surface area contributed by atoms with Crippen molar-refractivity contribution < 1.29 is 9.59 Å². The van der Waals surface area contributed by atoms with E-state index >= 15 is 0 Å². The molecular formula is C21H26N6O2S. The molecule has 2 N–H and O–H groups in total. The zero-order valence-corrected chi connectivity index (χ0v) is 18.6. The molecule has 2 aromatic heterocycles. The number of thioether (sulfide) groups is 1. The monoisotopic (exact) mass is 426 g/mol. The average molecular weight is 427 g/mol. The summed E-state index contributed by atoms with van der Waals surface area (Å²) >= 11 is 1.45. The molecular weight excluding hydrogens is 400 g/mol. The van der Waals surface area contributed by atoms with E-state index in [0.717, 1.165) is 17.0 Å². The zero-order chi connectivity index (χ0) is 21.8. The van der Waals surface area contributed by atoms with Crippen molar-refractivity contribution in [3.05, 3.63) is 41.2 Å². The van der Waals surface area contributed by atoms with Crippen LogP contribution in [-0.4, -0.2) is 37.7 Å². The standard InChI is InChI=1S/C21H26N6O2S/c1-12(2)10-18(28)23-15-6-8-16(9-7-15)24-19(29)11-17-13(3)22-20-25-21(30-5)26-27(20)14(17)4/h6-9,12H,10-11H2,1-5H3,(H,23,28)(H,24,29). The zero-order valence-electron chi connectivity index (χ0n) is 17.8. The third kappa shape index (κ3) is 5.15. The molecule has 0 bridgehead atoms. The van der Waals surface area contributed by atoms with E-state index < -0.39 is 0 Å². The summed E-state index contributed by atoms with van der Waals surface area (Å²) in [5.41, 5.74) is 3.81. The highest BCUT2D eigenvalue weighted by molar-refractivity contribution is 7.98. The van der Waals surface area contributed by atoms with Gasteiger partial charge in [0.25, 0.3) is 5.78 Å². The molecule has 9 heteroatoms. The minimum absolute atomic E-state index is 0.0200. The van der Waals surface area contributed by atoms with Crippen molar-refractivity contribution in [2.75, 3.05) is 16.9 Å². The number of aromatic nitrogens is 4. The Morgan fingerprint density at radius 3 is 2.20 bits per heavy atom. The van der Waals surface area contributed by atoms with E-state index in [4.69, 9.17) is 0 Å². The lowest BCUT2D eigenvalue weighted by molar-refractivity contribution is -0.117. The molecule has 0 atom stereocenters. The fraction of sp³-hybridized carbons (Fsp3) is 0.381. The summed E-state index contributed by atoms with van der Waals surface area (Å²) in [6.07, 6.45) is 2.56. The fourth-order valence-corrected chi connectivity index (χ4v) is 3.45. The third-order valence-corrected chi connectivity index (χ3v) is 5.13. The third-order valence-electron chi connectivity index (χ3n) is 4.60. The van der Waals surface area contributed by atoms with Crippen LogP contribution in [0.2, 0.25) is 0 Å². The van der Waals surface area contributed by atoms with E-state index in [-0.39, 0.29) is 18.2 Å². The predicted octanol–water partition coefficient (Wildman–Crippen LogP) is 3.63. The van der Waals surface area contributed by atoms with E-state index in [1.165, 1.54) is 11.8 Å². The first-order chi connectivity index (χ1) is 14.3. The highest BCUT2D eigenvalue weighted by Gasteiger charge is 2.16. The van der Waals surface area contributed by atoms with Crippen molar-refractivity contribution in [3.63, 3.8) is 0 Å². The summed E-state index contributed by atoms with van der Waals surface area (Å²) < 4.78 is 1.68. The molecule has 30 heavy (non-hydrogen) atoms. The SMILES string of the molecule is CSc1nc2nc(C)c(CC(=O)Nc3ccc(NC(=O)CC(C)C)cc3)c(C)n2n1. The number of hydrogen-bond acceptors (Lipinski definition) is 6. The Morgan fingerprint density at radius 2 is 1.63 bits per heavy atom. The number of amides is 2. The van der Waals surface area contributed by atoms with E-state index in [2.05, 4.69) is 25.7 Å². The second-order valence-corrected chi connectivity index (χ2v) is 8.29. The quantitative estimate of drug-likeness (QED) is 0.560. The summed E-state index contributed by atoms with van der Waals surface area (Å²) in [5.74, 6) is 0.667. The van der Waals surface area contributed by atoms with Gasteiger partial charge in [0.05, 0.1) is 6.42 Å². The number of benzene rings is 1. The molecule has 0 aliphatic rings. The van der Waals surface area contributed by atoms with Crippen molar-refractivity contribution in [1.82, 2.24) is 19.6 Å². The van der Waals surface area contributed by atoms with Crippen LogP contribution in [0.3, 0.4) is 0 Å². The van der Waals surface area contributed by atoms with Crippen LogP contribution >= 0.6 is 11.8 Å². The van der Waals surface area contributed by atoms with E-state index in [1.807, 2.05) is 34.0 Å². The van der Waals surface area contributed by atoms with Crippen molar-refractivity contribution >= 4 is 40.7 Å². The normalized spacial score (nSPS) is 11.1.